The molecule has 0 atom stereocenters. The molecule has 0 fully saturated rings. The van der Waals surface area contributed by atoms with Crippen molar-refractivity contribution in [3.63, 3.8) is 0 Å². The van der Waals surface area contributed by atoms with Gasteiger partial charge in [0.1, 0.15) is 0 Å². The molecule has 0 aliphatic rings. The molecule has 1 heterocycles. The highest BCUT2D eigenvalue weighted by Crippen LogP contribution is 2.26. The number of hydrogen-bond donors (Lipinski definition) is 3. The lowest BCUT2D eigenvalue weighted by Gasteiger charge is -2.06. The van der Waals surface area contributed by atoms with E-state index in [-0.39, 0.29) is 29.4 Å². The third-order valence-electron chi connectivity index (χ3n) is 3.06. The summed E-state index contributed by atoms with van der Waals surface area (Å²) in [5.41, 5.74) is 1.30. The first-order chi connectivity index (χ1) is 12.8. The van der Waals surface area contributed by atoms with Gasteiger partial charge in [-0.1, -0.05) is 36.9 Å². The van der Waals surface area contributed by atoms with Gasteiger partial charge in [0.15, 0.2) is 4.34 Å². The fraction of sp³-hybridized carbons (Fsp3) is 0.353. The van der Waals surface area contributed by atoms with Crippen LogP contribution in [-0.2, 0) is 14.4 Å². The lowest BCUT2D eigenvalue weighted by Crippen LogP contribution is -2.14. The van der Waals surface area contributed by atoms with Crippen molar-refractivity contribution in [2.75, 3.05) is 21.7 Å². The number of nitrogens with zero attached hydrogens (tertiary/aromatic N) is 2. The molecular formula is C17H21N5O3S2. The molecule has 0 aliphatic carbocycles. The summed E-state index contributed by atoms with van der Waals surface area (Å²) in [6, 6.07) is 6.84. The van der Waals surface area contributed by atoms with Crippen LogP contribution in [0.4, 0.5) is 16.5 Å². The van der Waals surface area contributed by atoms with E-state index in [0.29, 0.717) is 27.3 Å². The summed E-state index contributed by atoms with van der Waals surface area (Å²) in [5.74, 6) is -0.00373. The van der Waals surface area contributed by atoms with Gasteiger partial charge < -0.3 is 16.0 Å². The maximum Gasteiger partial charge on any atom is 0.234 e. The van der Waals surface area contributed by atoms with Gasteiger partial charge >= 0.3 is 0 Å². The van der Waals surface area contributed by atoms with E-state index in [2.05, 4.69) is 26.1 Å². The van der Waals surface area contributed by atoms with Gasteiger partial charge in [-0.05, 0) is 30.2 Å². The summed E-state index contributed by atoms with van der Waals surface area (Å²) in [6.07, 6.45) is 0.422. The minimum atomic E-state index is -0.187. The topological polar surface area (TPSA) is 113 Å². The van der Waals surface area contributed by atoms with Crippen LogP contribution >= 0.6 is 23.1 Å². The van der Waals surface area contributed by atoms with Crippen molar-refractivity contribution < 1.29 is 14.4 Å². The summed E-state index contributed by atoms with van der Waals surface area (Å²) >= 11 is 2.48. The zero-order valence-corrected chi connectivity index (χ0v) is 16.9. The smallest absolute Gasteiger partial charge is 0.234 e. The van der Waals surface area contributed by atoms with Crippen molar-refractivity contribution in [2.45, 2.75) is 31.5 Å². The Labute approximate surface area is 165 Å². The minimum Gasteiger partial charge on any atom is -0.326 e. The van der Waals surface area contributed by atoms with Gasteiger partial charge in [-0.25, -0.2) is 0 Å². The van der Waals surface area contributed by atoms with E-state index < -0.39 is 0 Å². The van der Waals surface area contributed by atoms with Gasteiger partial charge in [-0.15, -0.1) is 10.2 Å². The molecule has 144 valence electrons. The van der Waals surface area contributed by atoms with Crippen molar-refractivity contribution in [3.8, 4) is 0 Å². The zero-order valence-electron chi connectivity index (χ0n) is 15.2. The third-order valence-corrected chi connectivity index (χ3v) is 5.03. The second-order valence-electron chi connectivity index (χ2n) is 6.11. The van der Waals surface area contributed by atoms with Crippen LogP contribution < -0.4 is 16.0 Å². The first kappa shape index (κ1) is 20.8. The van der Waals surface area contributed by atoms with E-state index in [9.17, 15) is 14.4 Å². The highest BCUT2D eigenvalue weighted by molar-refractivity contribution is 8.01. The second kappa shape index (κ2) is 10.0. The molecule has 0 aliphatic heterocycles. The van der Waals surface area contributed by atoms with Gasteiger partial charge in [-0.3, -0.25) is 14.4 Å². The first-order valence-corrected chi connectivity index (χ1v) is 10.1. The maximum atomic E-state index is 12.0. The molecule has 2 aromatic rings. The van der Waals surface area contributed by atoms with Gasteiger partial charge in [0.2, 0.25) is 22.9 Å². The SMILES string of the molecule is CC(=O)Nc1ccc(NC(=O)CSc2nnc(NC(=O)CC(C)C)s2)cc1. The summed E-state index contributed by atoms with van der Waals surface area (Å²) in [4.78, 5) is 34.7. The average molecular weight is 408 g/mol. The number of carbonyl (C=O) groups excluding carboxylic acids is 3. The summed E-state index contributed by atoms with van der Waals surface area (Å²) in [5, 5.41) is 16.4. The molecule has 27 heavy (non-hydrogen) atoms. The van der Waals surface area contributed by atoms with Gasteiger partial charge in [-0.2, -0.15) is 0 Å². The number of benzene rings is 1. The minimum absolute atomic E-state index is 0.0989. The molecule has 10 heteroatoms. The number of amides is 3. The molecule has 0 saturated heterocycles. The van der Waals surface area contributed by atoms with Crippen molar-refractivity contribution >= 4 is 57.3 Å². The number of aromatic nitrogens is 2. The van der Waals surface area contributed by atoms with Gasteiger partial charge in [0, 0.05) is 24.7 Å². The number of hydrogen-bond acceptors (Lipinski definition) is 7. The van der Waals surface area contributed by atoms with E-state index in [0.717, 1.165) is 0 Å². The summed E-state index contributed by atoms with van der Waals surface area (Å²) in [7, 11) is 0. The Hall–Kier alpha value is -2.46. The van der Waals surface area contributed by atoms with Crippen LogP contribution in [0.3, 0.4) is 0 Å². The highest BCUT2D eigenvalue weighted by Gasteiger charge is 2.11. The predicted octanol–water partition coefficient (Wildman–Crippen LogP) is 3.21. The van der Waals surface area contributed by atoms with E-state index in [4.69, 9.17) is 0 Å². The Kier molecular flexibility index (Phi) is 7.74. The molecule has 8 nitrogen and oxygen atoms in total. The monoisotopic (exact) mass is 407 g/mol. The third kappa shape index (κ3) is 7.75. The van der Waals surface area contributed by atoms with Gasteiger partial charge in [0.05, 0.1) is 5.75 Å². The molecule has 1 aromatic carbocycles. The Morgan fingerprint density at radius 2 is 1.63 bits per heavy atom. The Morgan fingerprint density at radius 3 is 2.22 bits per heavy atom. The van der Waals surface area contributed by atoms with E-state index in [1.807, 2.05) is 13.8 Å². The fourth-order valence-electron chi connectivity index (χ4n) is 2.02. The zero-order chi connectivity index (χ0) is 19.8. The molecular weight excluding hydrogens is 386 g/mol. The number of nitrogens with one attached hydrogen (secondary N) is 3. The summed E-state index contributed by atoms with van der Waals surface area (Å²) in [6.45, 7) is 5.36. The molecule has 2 rings (SSSR count). The molecule has 0 radical (unpaired) electrons. The number of rotatable bonds is 8. The number of anilines is 3. The molecule has 0 unspecified atom stereocenters. The molecule has 0 bridgehead atoms. The molecule has 0 spiro atoms. The second-order valence-corrected chi connectivity index (χ2v) is 8.31. The molecule has 1 aromatic heterocycles. The van der Waals surface area contributed by atoms with Crippen LogP contribution in [0.1, 0.15) is 27.2 Å². The van der Waals surface area contributed by atoms with E-state index in [1.165, 1.54) is 30.0 Å². The quantitative estimate of drug-likeness (QED) is 0.457. The van der Waals surface area contributed by atoms with Crippen LogP contribution in [0.25, 0.3) is 0 Å². The molecule has 3 N–H and O–H groups in total. The predicted molar refractivity (Wildman–Crippen MR) is 108 cm³/mol. The molecule has 0 saturated carbocycles. The fourth-order valence-corrected chi connectivity index (χ4v) is 3.59. The Balaban J connectivity index is 1.78. The van der Waals surface area contributed by atoms with Crippen molar-refractivity contribution in [3.05, 3.63) is 24.3 Å². The maximum absolute atomic E-state index is 12.0. The highest BCUT2D eigenvalue weighted by atomic mass is 32.2. The number of thioether (sulfide) groups is 1. The van der Waals surface area contributed by atoms with Crippen LogP contribution in [-0.4, -0.2) is 33.7 Å². The lowest BCUT2D eigenvalue weighted by molar-refractivity contribution is -0.117. The van der Waals surface area contributed by atoms with E-state index >= 15 is 0 Å². The van der Waals surface area contributed by atoms with Gasteiger partial charge in [0.25, 0.3) is 0 Å². The summed E-state index contributed by atoms with van der Waals surface area (Å²) < 4.78 is 0.603. The number of carbonyl (C=O) groups is 3. The Morgan fingerprint density at radius 1 is 1.00 bits per heavy atom. The van der Waals surface area contributed by atoms with Crippen molar-refractivity contribution in [1.82, 2.24) is 10.2 Å². The van der Waals surface area contributed by atoms with Crippen molar-refractivity contribution in [1.29, 1.82) is 0 Å². The van der Waals surface area contributed by atoms with E-state index in [1.54, 1.807) is 24.3 Å². The first-order valence-electron chi connectivity index (χ1n) is 8.25. The van der Waals surface area contributed by atoms with Crippen LogP contribution in [0, 0.1) is 5.92 Å². The molecule has 3 amide bonds. The van der Waals surface area contributed by atoms with Crippen molar-refractivity contribution in [2.24, 2.45) is 5.92 Å². The van der Waals surface area contributed by atoms with Crippen LogP contribution in [0.15, 0.2) is 28.6 Å². The lowest BCUT2D eigenvalue weighted by atomic mass is 10.1. The normalized spacial score (nSPS) is 10.5. The average Bonchev–Trinajstić information content (AvgIpc) is 3.01. The Bertz CT molecular complexity index is 805. The standard InChI is InChI=1S/C17H21N5O3S2/c1-10(2)8-14(24)20-16-21-22-17(27-16)26-9-15(25)19-13-6-4-12(5-7-13)18-11(3)23/h4-7,10H,8-9H2,1-3H3,(H,18,23)(H,19,25)(H,20,21,24). The largest absolute Gasteiger partial charge is 0.326 e. The van der Waals surface area contributed by atoms with Crippen LogP contribution in [0.2, 0.25) is 0 Å². The van der Waals surface area contributed by atoms with Crippen LogP contribution in [0.5, 0.6) is 0 Å².